The highest BCUT2D eigenvalue weighted by molar-refractivity contribution is 6.32. The zero-order chi connectivity index (χ0) is 19.3. The van der Waals surface area contributed by atoms with Gasteiger partial charge in [0.25, 0.3) is 0 Å². The van der Waals surface area contributed by atoms with Gasteiger partial charge in [-0.2, -0.15) is 0 Å². The molecule has 0 aliphatic rings. The maximum atomic E-state index is 10.6. The number of guanidine groups is 2. The van der Waals surface area contributed by atoms with Crippen LogP contribution < -0.4 is 28.7 Å². The number of hydrogen-bond acceptors (Lipinski definition) is 6. The Balaban J connectivity index is 0. The van der Waals surface area contributed by atoms with Crippen molar-refractivity contribution < 1.29 is 24.6 Å². The van der Waals surface area contributed by atoms with Crippen molar-refractivity contribution in [1.82, 2.24) is 0 Å². The molecule has 0 spiro atoms. The molecule has 0 radical (unpaired) electrons. The minimum absolute atomic E-state index is 0.0129. The molecule has 12 N–H and O–H groups in total. The molecule has 0 saturated heterocycles. The second kappa shape index (κ2) is 12.6. The molecule has 0 aliphatic heterocycles. The fourth-order valence-electron chi connectivity index (χ4n) is 1.30. The van der Waals surface area contributed by atoms with Gasteiger partial charge in [0.1, 0.15) is 6.04 Å². The summed E-state index contributed by atoms with van der Waals surface area (Å²) in [6.45, 7) is 1.98. The van der Waals surface area contributed by atoms with Gasteiger partial charge in [-0.3, -0.25) is 19.6 Å². The number of carbonyl (C=O) groups excluding carboxylic acids is 1. The van der Waals surface area contributed by atoms with E-state index in [1.165, 1.54) is 0 Å². The zero-order valence-corrected chi connectivity index (χ0v) is 13.4. The maximum Gasteiger partial charge on any atom is 0.372 e. The van der Waals surface area contributed by atoms with Crippen LogP contribution >= 0.6 is 0 Å². The van der Waals surface area contributed by atoms with Crippen LogP contribution in [0.3, 0.4) is 0 Å². The molecule has 12 nitrogen and oxygen atoms in total. The van der Waals surface area contributed by atoms with Gasteiger partial charge in [-0.1, -0.05) is 0 Å². The molecule has 24 heavy (non-hydrogen) atoms. The second-order valence-electron chi connectivity index (χ2n) is 4.73. The Kier molecular flexibility index (Phi) is 12.3. The predicted octanol–water partition coefficient (Wildman–Crippen LogP) is -2.86. The third-order valence-electron chi connectivity index (χ3n) is 2.37. The van der Waals surface area contributed by atoms with Gasteiger partial charge < -0.3 is 38.9 Å². The molecular weight excluding hydrogens is 322 g/mol. The Labute approximate surface area is 138 Å². The minimum atomic E-state index is -1.47. The van der Waals surface area contributed by atoms with E-state index in [0.717, 1.165) is 0 Å². The van der Waals surface area contributed by atoms with Crippen LogP contribution in [0, 0.1) is 0 Å². The quantitative estimate of drug-likeness (QED) is 0.0972. The van der Waals surface area contributed by atoms with E-state index >= 15 is 0 Å². The molecule has 0 aromatic carbocycles. The van der Waals surface area contributed by atoms with Crippen LogP contribution in [0.1, 0.15) is 26.2 Å². The smallest absolute Gasteiger partial charge is 0.372 e. The van der Waals surface area contributed by atoms with Crippen molar-refractivity contribution in [3.05, 3.63) is 0 Å². The number of Topliss-reactive ketones (excluding diaryl/α,β-unsaturated/α-hetero) is 1. The van der Waals surface area contributed by atoms with Crippen LogP contribution in [-0.2, 0) is 14.4 Å². The van der Waals surface area contributed by atoms with Gasteiger partial charge in [0, 0.05) is 13.0 Å². The van der Waals surface area contributed by atoms with Crippen LogP contribution in [-0.4, -0.2) is 58.5 Å². The monoisotopic (exact) mass is 347 g/mol. The standard InChI is InChI=1S/C6H14N4O2.C6H11N3O3/c7-4(5(11)12)2-1-3-10-6(8)9;1-3(9-6(7)8)2-4(10)5(11)12/h4H,1-3,7H2,(H,11,12)(H4,8,9,10);3H,2H2,1H3,(H,11,12)(H4,7,8,9). The predicted molar refractivity (Wildman–Crippen MR) is 88.1 cm³/mol. The Hall–Kier alpha value is -2.89. The molecule has 138 valence electrons. The minimum Gasteiger partial charge on any atom is -0.480 e. The van der Waals surface area contributed by atoms with Gasteiger partial charge in [-0.25, -0.2) is 4.79 Å². The van der Waals surface area contributed by atoms with E-state index in [9.17, 15) is 14.4 Å². The number of carbonyl (C=O) groups is 3. The van der Waals surface area contributed by atoms with Crippen molar-refractivity contribution in [3.63, 3.8) is 0 Å². The fraction of sp³-hybridized carbons (Fsp3) is 0.583. The summed E-state index contributed by atoms with van der Waals surface area (Å²) in [6.07, 6.45) is 0.769. The van der Waals surface area contributed by atoms with Crippen molar-refractivity contribution >= 4 is 29.6 Å². The number of nitrogens with two attached hydrogens (primary N) is 5. The molecule has 0 aromatic heterocycles. The van der Waals surface area contributed by atoms with Crippen LogP contribution in [0.5, 0.6) is 0 Å². The van der Waals surface area contributed by atoms with E-state index in [1.807, 2.05) is 0 Å². The third kappa shape index (κ3) is 15.5. The van der Waals surface area contributed by atoms with Gasteiger partial charge in [0.15, 0.2) is 11.9 Å². The Morgan fingerprint density at radius 1 is 1.04 bits per heavy atom. The van der Waals surface area contributed by atoms with Crippen LogP contribution in [0.4, 0.5) is 0 Å². The summed E-state index contributed by atoms with van der Waals surface area (Å²) in [7, 11) is 0. The van der Waals surface area contributed by atoms with Gasteiger partial charge in [-0.15, -0.1) is 0 Å². The van der Waals surface area contributed by atoms with Crippen molar-refractivity contribution in [1.29, 1.82) is 0 Å². The van der Waals surface area contributed by atoms with Gasteiger partial charge >= 0.3 is 11.9 Å². The number of hydrogen-bond donors (Lipinski definition) is 7. The first-order valence-electron chi connectivity index (χ1n) is 6.86. The third-order valence-corrected chi connectivity index (χ3v) is 2.37. The topological polar surface area (TPSA) is 246 Å². The summed E-state index contributed by atoms with van der Waals surface area (Å²) in [5.41, 5.74) is 25.3. The molecule has 0 heterocycles. The molecule has 0 rings (SSSR count). The molecule has 0 amide bonds. The van der Waals surface area contributed by atoms with Crippen molar-refractivity contribution in [3.8, 4) is 0 Å². The summed E-state index contributed by atoms with van der Waals surface area (Å²) in [5, 5.41) is 16.6. The van der Waals surface area contributed by atoms with E-state index in [2.05, 4.69) is 9.98 Å². The number of aliphatic carboxylic acids is 2. The van der Waals surface area contributed by atoms with E-state index in [0.29, 0.717) is 19.4 Å². The first-order valence-corrected chi connectivity index (χ1v) is 6.86. The van der Waals surface area contributed by atoms with Crippen molar-refractivity contribution in [2.45, 2.75) is 38.3 Å². The largest absolute Gasteiger partial charge is 0.480 e. The summed E-state index contributed by atoms with van der Waals surface area (Å²) >= 11 is 0. The number of carboxylic acids is 2. The Morgan fingerprint density at radius 2 is 1.58 bits per heavy atom. The lowest BCUT2D eigenvalue weighted by Crippen LogP contribution is -2.30. The highest BCUT2D eigenvalue weighted by atomic mass is 16.4. The van der Waals surface area contributed by atoms with E-state index in [1.54, 1.807) is 6.92 Å². The molecule has 0 bridgehead atoms. The SMILES string of the molecule is CC(CC(=O)C(=O)O)N=C(N)N.NC(N)=NCCCC(N)C(=O)O. The lowest BCUT2D eigenvalue weighted by atomic mass is 10.2. The molecule has 2 unspecified atom stereocenters. The fourth-order valence-corrected chi connectivity index (χ4v) is 1.30. The molecule has 0 aromatic rings. The summed E-state index contributed by atoms with van der Waals surface area (Å²) in [6, 6.07) is -1.31. The summed E-state index contributed by atoms with van der Waals surface area (Å²) < 4.78 is 0. The summed E-state index contributed by atoms with van der Waals surface area (Å²) in [5.74, 6) is -3.50. The van der Waals surface area contributed by atoms with Gasteiger partial charge in [-0.05, 0) is 19.8 Å². The molecule has 0 saturated carbocycles. The van der Waals surface area contributed by atoms with Crippen LogP contribution in [0.25, 0.3) is 0 Å². The van der Waals surface area contributed by atoms with Crippen LogP contribution in [0.2, 0.25) is 0 Å². The van der Waals surface area contributed by atoms with E-state index in [-0.39, 0.29) is 18.3 Å². The Bertz CT molecular complexity index is 484. The van der Waals surface area contributed by atoms with Gasteiger partial charge in [0.2, 0.25) is 5.78 Å². The van der Waals surface area contributed by atoms with E-state index < -0.39 is 29.8 Å². The summed E-state index contributed by atoms with van der Waals surface area (Å²) in [4.78, 5) is 38.1. The number of nitrogens with zero attached hydrogens (tertiary/aromatic N) is 2. The number of ketones is 1. The average molecular weight is 347 g/mol. The first-order chi connectivity index (χ1) is 11.0. The maximum absolute atomic E-state index is 10.6. The lowest BCUT2D eigenvalue weighted by Gasteiger charge is -2.03. The van der Waals surface area contributed by atoms with E-state index in [4.69, 9.17) is 38.9 Å². The molecule has 0 fully saturated rings. The van der Waals surface area contributed by atoms with Gasteiger partial charge in [0.05, 0.1) is 6.04 Å². The normalized spacial score (nSPS) is 11.9. The number of rotatable bonds is 9. The molecule has 2 atom stereocenters. The molecule has 12 heteroatoms. The Morgan fingerprint density at radius 3 is 1.96 bits per heavy atom. The van der Waals surface area contributed by atoms with Crippen molar-refractivity contribution in [2.75, 3.05) is 6.54 Å². The average Bonchev–Trinajstić information content (AvgIpc) is 2.42. The second-order valence-corrected chi connectivity index (χ2v) is 4.73. The number of aliphatic imine (C=N–C) groups is 2. The molecular formula is C12H25N7O5. The van der Waals surface area contributed by atoms with Crippen LogP contribution in [0.15, 0.2) is 9.98 Å². The molecule has 0 aliphatic carbocycles. The zero-order valence-electron chi connectivity index (χ0n) is 13.4. The number of carboxylic acid groups (broad SMARTS) is 2. The highest BCUT2D eigenvalue weighted by Gasteiger charge is 2.14. The first kappa shape index (κ1) is 23.4. The van der Waals surface area contributed by atoms with Crippen molar-refractivity contribution in [2.24, 2.45) is 38.7 Å². The lowest BCUT2D eigenvalue weighted by molar-refractivity contribution is -0.149. The highest BCUT2D eigenvalue weighted by Crippen LogP contribution is 1.97.